The molecule has 0 aliphatic carbocycles. The van der Waals surface area contributed by atoms with Crippen molar-refractivity contribution in [1.82, 2.24) is 10.4 Å². The van der Waals surface area contributed by atoms with E-state index in [1.54, 1.807) is 6.92 Å². The number of amides is 1. The molecule has 2 fully saturated rings. The maximum Gasteiger partial charge on any atom is 0.249 e. The zero-order valence-electron chi connectivity index (χ0n) is 8.57. The zero-order valence-corrected chi connectivity index (χ0v) is 8.57. The Hall–Kier alpha value is -0.610. The molecule has 14 heavy (non-hydrogen) atoms. The van der Waals surface area contributed by atoms with Gasteiger partial charge in [0.05, 0.1) is 0 Å². The number of carbonyl (C=O) groups is 1. The summed E-state index contributed by atoms with van der Waals surface area (Å²) in [7, 11) is 0. The first-order chi connectivity index (χ1) is 6.70. The van der Waals surface area contributed by atoms with Crippen LogP contribution >= 0.6 is 0 Å². The van der Waals surface area contributed by atoms with E-state index in [-0.39, 0.29) is 11.8 Å². The van der Waals surface area contributed by atoms with Crippen molar-refractivity contribution in [3.8, 4) is 0 Å². The highest BCUT2D eigenvalue weighted by atomic mass is 16.5. The van der Waals surface area contributed by atoms with Crippen molar-refractivity contribution < 1.29 is 10.0 Å². The first-order valence-corrected chi connectivity index (χ1v) is 5.47. The van der Waals surface area contributed by atoms with E-state index in [9.17, 15) is 10.0 Å². The van der Waals surface area contributed by atoms with Crippen molar-refractivity contribution in [2.24, 2.45) is 5.92 Å². The van der Waals surface area contributed by atoms with Crippen molar-refractivity contribution in [2.75, 3.05) is 6.54 Å². The Kier molecular flexibility index (Phi) is 2.74. The predicted molar refractivity (Wildman–Crippen MR) is 51.8 cm³/mol. The van der Waals surface area contributed by atoms with Crippen molar-refractivity contribution in [3.05, 3.63) is 0 Å². The fraction of sp³-hybridized carbons (Fsp3) is 0.900. The third kappa shape index (κ3) is 1.77. The Balaban J connectivity index is 1.95. The molecule has 1 amide bonds. The molecule has 0 aromatic rings. The van der Waals surface area contributed by atoms with Gasteiger partial charge in [-0.1, -0.05) is 0 Å². The average molecular weight is 198 g/mol. The molecule has 2 aliphatic rings. The Bertz CT molecular complexity index is 220. The molecule has 0 aromatic carbocycles. The van der Waals surface area contributed by atoms with Gasteiger partial charge in [0, 0.05) is 24.5 Å². The SMILES string of the molecule is CCN(O)C(=O)C1CC2CCC(C1)N2. The average Bonchev–Trinajstić information content (AvgIpc) is 2.55. The Labute approximate surface area is 84.2 Å². The molecule has 2 aliphatic heterocycles. The quantitative estimate of drug-likeness (QED) is 0.508. The number of nitrogens with zero attached hydrogens (tertiary/aromatic N) is 1. The van der Waals surface area contributed by atoms with Crippen molar-refractivity contribution >= 4 is 5.91 Å². The highest BCUT2D eigenvalue weighted by Crippen LogP contribution is 2.31. The second-order valence-corrected chi connectivity index (χ2v) is 4.36. The highest BCUT2D eigenvalue weighted by molar-refractivity contribution is 5.77. The summed E-state index contributed by atoms with van der Waals surface area (Å²) >= 11 is 0. The number of hydroxylamine groups is 2. The van der Waals surface area contributed by atoms with Gasteiger partial charge in [-0.25, -0.2) is 5.06 Å². The van der Waals surface area contributed by atoms with Crippen molar-refractivity contribution in [2.45, 2.75) is 44.7 Å². The van der Waals surface area contributed by atoms with E-state index < -0.39 is 0 Å². The summed E-state index contributed by atoms with van der Waals surface area (Å²) in [6, 6.07) is 1.01. The molecule has 4 heteroatoms. The van der Waals surface area contributed by atoms with E-state index in [0.717, 1.165) is 17.9 Å². The lowest BCUT2D eigenvalue weighted by Crippen LogP contribution is -2.44. The van der Waals surface area contributed by atoms with E-state index in [0.29, 0.717) is 18.6 Å². The van der Waals surface area contributed by atoms with Crippen molar-refractivity contribution in [3.63, 3.8) is 0 Å². The predicted octanol–water partition coefficient (Wildman–Crippen LogP) is 0.755. The van der Waals surface area contributed by atoms with Gasteiger partial charge in [-0.2, -0.15) is 0 Å². The number of fused-ring (bicyclic) bond motifs is 2. The third-order valence-corrected chi connectivity index (χ3v) is 3.38. The van der Waals surface area contributed by atoms with Crippen LogP contribution in [0.3, 0.4) is 0 Å². The van der Waals surface area contributed by atoms with Gasteiger partial charge < -0.3 is 5.32 Å². The number of carbonyl (C=O) groups excluding carboxylic acids is 1. The normalized spacial score (nSPS) is 35.7. The summed E-state index contributed by atoms with van der Waals surface area (Å²) in [4.78, 5) is 11.7. The molecular formula is C10H18N2O2. The van der Waals surface area contributed by atoms with Gasteiger partial charge in [0.2, 0.25) is 5.91 Å². The number of rotatable bonds is 2. The van der Waals surface area contributed by atoms with Crippen LogP contribution in [0.2, 0.25) is 0 Å². The minimum Gasteiger partial charge on any atom is -0.311 e. The Morgan fingerprint density at radius 2 is 2.00 bits per heavy atom. The van der Waals surface area contributed by atoms with Gasteiger partial charge in [-0.05, 0) is 32.6 Å². The number of piperidine rings is 1. The molecule has 2 atom stereocenters. The summed E-state index contributed by atoms with van der Waals surface area (Å²) < 4.78 is 0. The largest absolute Gasteiger partial charge is 0.311 e. The molecule has 0 radical (unpaired) electrons. The van der Waals surface area contributed by atoms with Gasteiger partial charge in [0.15, 0.2) is 0 Å². The topological polar surface area (TPSA) is 52.6 Å². The van der Waals surface area contributed by atoms with E-state index in [4.69, 9.17) is 0 Å². The fourth-order valence-corrected chi connectivity index (χ4v) is 2.63. The summed E-state index contributed by atoms with van der Waals surface area (Å²) in [5, 5.41) is 13.7. The molecule has 4 nitrogen and oxygen atoms in total. The molecule has 2 saturated heterocycles. The molecule has 0 aromatic heterocycles. The summed E-state index contributed by atoms with van der Waals surface area (Å²) in [5.41, 5.74) is 0. The van der Waals surface area contributed by atoms with Gasteiger partial charge in [-0.15, -0.1) is 0 Å². The van der Waals surface area contributed by atoms with Crippen LogP contribution in [0.15, 0.2) is 0 Å². The molecule has 0 spiro atoms. The van der Waals surface area contributed by atoms with E-state index >= 15 is 0 Å². The number of hydrogen-bond donors (Lipinski definition) is 2. The Morgan fingerprint density at radius 1 is 1.43 bits per heavy atom. The first-order valence-electron chi connectivity index (χ1n) is 5.47. The standard InChI is InChI=1S/C10H18N2O2/c1-2-12(14)10(13)7-5-8-3-4-9(6-7)11-8/h7-9,11,14H,2-6H2,1H3. The molecule has 80 valence electrons. The molecule has 2 rings (SSSR count). The molecule has 2 bridgehead atoms. The molecular weight excluding hydrogens is 180 g/mol. The van der Waals surface area contributed by atoms with E-state index in [2.05, 4.69) is 5.32 Å². The zero-order chi connectivity index (χ0) is 10.1. The van der Waals surface area contributed by atoms with Crippen LogP contribution in [0.25, 0.3) is 0 Å². The summed E-state index contributed by atoms with van der Waals surface area (Å²) in [6.45, 7) is 2.17. The van der Waals surface area contributed by atoms with Crippen LogP contribution in [-0.2, 0) is 4.79 Å². The molecule has 0 saturated carbocycles. The lowest BCUT2D eigenvalue weighted by atomic mass is 9.91. The van der Waals surface area contributed by atoms with Gasteiger partial charge in [0.1, 0.15) is 0 Å². The lowest BCUT2D eigenvalue weighted by Gasteiger charge is -2.29. The van der Waals surface area contributed by atoms with Crippen LogP contribution in [-0.4, -0.2) is 34.8 Å². The smallest absolute Gasteiger partial charge is 0.249 e. The highest BCUT2D eigenvalue weighted by Gasteiger charge is 2.37. The van der Waals surface area contributed by atoms with E-state index in [1.807, 2.05) is 0 Å². The Morgan fingerprint density at radius 3 is 2.50 bits per heavy atom. The van der Waals surface area contributed by atoms with Crippen molar-refractivity contribution in [1.29, 1.82) is 0 Å². The molecule has 2 heterocycles. The number of nitrogens with one attached hydrogen (secondary N) is 1. The maximum absolute atomic E-state index is 11.7. The second-order valence-electron chi connectivity index (χ2n) is 4.36. The van der Waals surface area contributed by atoms with Gasteiger partial charge >= 0.3 is 0 Å². The molecule has 2 unspecified atom stereocenters. The summed E-state index contributed by atoms with van der Waals surface area (Å²) in [6.07, 6.45) is 4.16. The minimum atomic E-state index is -0.0918. The van der Waals surface area contributed by atoms with Crippen LogP contribution in [0.5, 0.6) is 0 Å². The van der Waals surface area contributed by atoms with Crippen LogP contribution in [0.4, 0.5) is 0 Å². The second kappa shape index (κ2) is 3.87. The van der Waals surface area contributed by atoms with Crippen LogP contribution < -0.4 is 5.32 Å². The first kappa shape index (κ1) is 9.93. The van der Waals surface area contributed by atoms with Crippen LogP contribution in [0.1, 0.15) is 32.6 Å². The lowest BCUT2D eigenvalue weighted by molar-refractivity contribution is -0.170. The molecule has 2 N–H and O–H groups in total. The van der Waals surface area contributed by atoms with Gasteiger partial charge in [0.25, 0.3) is 0 Å². The fourth-order valence-electron chi connectivity index (χ4n) is 2.63. The van der Waals surface area contributed by atoms with E-state index in [1.165, 1.54) is 12.8 Å². The number of hydrogen-bond acceptors (Lipinski definition) is 3. The van der Waals surface area contributed by atoms with Crippen LogP contribution in [0, 0.1) is 5.92 Å². The van der Waals surface area contributed by atoms with Gasteiger partial charge in [-0.3, -0.25) is 10.0 Å². The third-order valence-electron chi connectivity index (χ3n) is 3.38. The monoisotopic (exact) mass is 198 g/mol. The maximum atomic E-state index is 11.7. The summed E-state index contributed by atoms with van der Waals surface area (Å²) in [5.74, 6) is -0.0513. The minimum absolute atomic E-state index is 0.0405.